The third-order valence-electron chi connectivity index (χ3n) is 4.16. The molecule has 1 aromatic carbocycles. The van der Waals surface area contributed by atoms with Crippen molar-refractivity contribution in [2.75, 3.05) is 19.5 Å². The molecule has 1 N–H and O–H groups in total. The van der Waals surface area contributed by atoms with Crippen molar-refractivity contribution in [1.29, 1.82) is 5.26 Å². The maximum Gasteiger partial charge on any atom is 0.167 e. The Bertz CT molecular complexity index is 797. The first kappa shape index (κ1) is 17.5. The van der Waals surface area contributed by atoms with E-state index in [1.807, 2.05) is 39.8 Å². The van der Waals surface area contributed by atoms with Gasteiger partial charge in [-0.05, 0) is 56.5 Å². The normalized spacial score (nSPS) is 11.5. The van der Waals surface area contributed by atoms with Gasteiger partial charge in [0.1, 0.15) is 11.6 Å². The average molecular weight is 326 g/mol. The fraction of sp³-hybridized carbons (Fsp3) is 0.389. The van der Waals surface area contributed by atoms with Gasteiger partial charge in [-0.3, -0.25) is 0 Å². The molecule has 0 saturated heterocycles. The molecule has 24 heavy (non-hydrogen) atoms. The number of hydrogen-bond donors (Lipinski definition) is 1. The Morgan fingerprint density at radius 2 is 1.71 bits per heavy atom. The van der Waals surface area contributed by atoms with Crippen molar-refractivity contribution in [2.45, 2.75) is 33.7 Å². The summed E-state index contributed by atoms with van der Waals surface area (Å²) in [5.74, 6) is 1.84. The van der Waals surface area contributed by atoms with Crippen molar-refractivity contribution in [3.05, 3.63) is 40.1 Å². The van der Waals surface area contributed by atoms with Crippen LogP contribution in [0.5, 0.6) is 11.5 Å². The largest absolute Gasteiger partial charge is 0.493 e. The Morgan fingerprint density at radius 3 is 2.29 bits per heavy atom. The van der Waals surface area contributed by atoms with Crippen molar-refractivity contribution in [3.8, 4) is 17.6 Å². The fourth-order valence-corrected chi connectivity index (χ4v) is 2.59. The zero-order valence-corrected chi connectivity index (χ0v) is 14.9. The first-order valence-electron chi connectivity index (χ1n) is 7.65. The van der Waals surface area contributed by atoms with Crippen molar-refractivity contribution in [2.24, 2.45) is 0 Å². The highest BCUT2D eigenvalue weighted by atomic mass is 16.5. The molecule has 0 radical (unpaired) electrons. The summed E-state index contributed by atoms with van der Waals surface area (Å²) in [6.07, 6.45) is 0. The number of aryl methyl sites for hydroxylation is 2. The van der Waals surface area contributed by atoms with Crippen LogP contribution in [0.1, 0.15) is 40.9 Å². The fourth-order valence-electron chi connectivity index (χ4n) is 2.59. The number of anilines is 1. The zero-order chi connectivity index (χ0) is 17.9. The van der Waals surface area contributed by atoms with Crippen LogP contribution < -0.4 is 14.8 Å². The summed E-state index contributed by atoms with van der Waals surface area (Å²) >= 11 is 0. The molecule has 0 fully saturated rings. The Balaban J connectivity index is 2.39. The van der Waals surface area contributed by atoms with Gasteiger partial charge in [-0.15, -0.1) is 5.10 Å². The maximum absolute atomic E-state index is 9.42. The van der Waals surface area contributed by atoms with E-state index in [0.29, 0.717) is 22.9 Å². The molecule has 0 unspecified atom stereocenters. The molecule has 1 atom stereocenters. The van der Waals surface area contributed by atoms with Gasteiger partial charge in [0.2, 0.25) is 0 Å². The summed E-state index contributed by atoms with van der Waals surface area (Å²) < 4.78 is 10.7. The predicted octanol–water partition coefficient (Wildman–Crippen LogP) is 3.46. The van der Waals surface area contributed by atoms with E-state index in [0.717, 1.165) is 22.4 Å². The third-order valence-corrected chi connectivity index (χ3v) is 4.16. The molecule has 2 rings (SSSR count). The zero-order valence-electron chi connectivity index (χ0n) is 14.9. The van der Waals surface area contributed by atoms with Crippen molar-refractivity contribution in [3.63, 3.8) is 0 Å². The number of hydrogen-bond acceptors (Lipinski definition) is 6. The van der Waals surface area contributed by atoms with Gasteiger partial charge >= 0.3 is 0 Å². The molecule has 0 saturated carbocycles. The highest BCUT2D eigenvalue weighted by Gasteiger charge is 2.17. The first-order chi connectivity index (χ1) is 11.4. The molecular weight excluding hydrogens is 304 g/mol. The van der Waals surface area contributed by atoms with E-state index in [2.05, 4.69) is 21.6 Å². The van der Waals surface area contributed by atoms with Gasteiger partial charge in [0.05, 0.1) is 26.0 Å². The van der Waals surface area contributed by atoms with Crippen LogP contribution in [0.15, 0.2) is 12.1 Å². The standard InChI is InChI=1S/C18H22N4O2/c1-10-7-16(23-5)17(24-6)8-14(10)13(4)20-18-15(9-19)11(2)12(3)21-22-18/h7-8,13H,1-6H3,(H,20,22)/t13-/m1/s1. The molecule has 0 aliphatic heterocycles. The summed E-state index contributed by atoms with van der Waals surface area (Å²) in [4.78, 5) is 0. The Labute approximate surface area is 142 Å². The van der Waals surface area contributed by atoms with E-state index in [1.165, 1.54) is 0 Å². The second-order valence-corrected chi connectivity index (χ2v) is 5.68. The van der Waals surface area contributed by atoms with Crippen LogP contribution in [0.4, 0.5) is 5.82 Å². The van der Waals surface area contributed by atoms with E-state index in [9.17, 15) is 5.26 Å². The summed E-state index contributed by atoms with van der Waals surface area (Å²) in [5, 5.41) is 21.0. The lowest BCUT2D eigenvalue weighted by atomic mass is 10.0. The second kappa shape index (κ2) is 7.18. The Hall–Kier alpha value is -2.81. The van der Waals surface area contributed by atoms with Gasteiger partial charge in [0, 0.05) is 0 Å². The summed E-state index contributed by atoms with van der Waals surface area (Å²) in [6.45, 7) is 7.73. The van der Waals surface area contributed by atoms with Crippen LogP contribution in [-0.2, 0) is 0 Å². The van der Waals surface area contributed by atoms with Crippen LogP contribution in [-0.4, -0.2) is 24.4 Å². The van der Waals surface area contributed by atoms with Gasteiger partial charge in [-0.2, -0.15) is 10.4 Å². The van der Waals surface area contributed by atoms with Crippen LogP contribution in [0, 0.1) is 32.1 Å². The number of benzene rings is 1. The number of ether oxygens (including phenoxy) is 2. The van der Waals surface area contributed by atoms with Crippen molar-refractivity contribution in [1.82, 2.24) is 10.2 Å². The Morgan fingerprint density at radius 1 is 1.08 bits per heavy atom. The lowest BCUT2D eigenvalue weighted by Gasteiger charge is -2.20. The van der Waals surface area contributed by atoms with E-state index < -0.39 is 0 Å². The van der Waals surface area contributed by atoms with Crippen LogP contribution in [0.25, 0.3) is 0 Å². The van der Waals surface area contributed by atoms with Crippen LogP contribution in [0.3, 0.4) is 0 Å². The van der Waals surface area contributed by atoms with Gasteiger partial charge in [0.15, 0.2) is 17.3 Å². The molecule has 1 aromatic heterocycles. The molecule has 6 nitrogen and oxygen atoms in total. The first-order valence-corrected chi connectivity index (χ1v) is 7.65. The number of rotatable bonds is 5. The number of nitrogens with one attached hydrogen (secondary N) is 1. The minimum absolute atomic E-state index is 0.0756. The van der Waals surface area contributed by atoms with Gasteiger partial charge in [0.25, 0.3) is 0 Å². The van der Waals surface area contributed by atoms with Crippen molar-refractivity contribution < 1.29 is 9.47 Å². The van der Waals surface area contributed by atoms with E-state index in [4.69, 9.17) is 9.47 Å². The molecule has 2 aromatic rings. The summed E-state index contributed by atoms with van der Waals surface area (Å²) in [7, 11) is 3.22. The van der Waals surface area contributed by atoms with Crippen LogP contribution >= 0.6 is 0 Å². The highest BCUT2D eigenvalue weighted by molar-refractivity contribution is 5.57. The molecule has 126 valence electrons. The SMILES string of the molecule is COc1cc(C)c([C@@H](C)Nc2nnc(C)c(C)c2C#N)cc1OC. The maximum atomic E-state index is 9.42. The number of nitrogens with zero attached hydrogens (tertiary/aromatic N) is 3. The molecule has 0 bridgehead atoms. The lowest BCUT2D eigenvalue weighted by Crippen LogP contribution is -2.13. The Kier molecular flexibility index (Phi) is 5.24. The molecule has 0 aliphatic carbocycles. The molecule has 1 heterocycles. The van der Waals surface area contributed by atoms with Gasteiger partial charge in [-0.25, -0.2) is 0 Å². The molecular formula is C18H22N4O2. The number of aromatic nitrogens is 2. The molecule has 0 spiro atoms. The topological polar surface area (TPSA) is 80.1 Å². The monoisotopic (exact) mass is 326 g/mol. The van der Waals surface area contributed by atoms with Gasteiger partial charge < -0.3 is 14.8 Å². The summed E-state index contributed by atoms with van der Waals surface area (Å²) in [5.41, 5.74) is 4.21. The quantitative estimate of drug-likeness (QED) is 0.906. The summed E-state index contributed by atoms with van der Waals surface area (Å²) in [6, 6.07) is 6.00. The second-order valence-electron chi connectivity index (χ2n) is 5.68. The van der Waals surface area contributed by atoms with Crippen molar-refractivity contribution >= 4 is 5.82 Å². The van der Waals surface area contributed by atoms with E-state index >= 15 is 0 Å². The van der Waals surface area contributed by atoms with Crippen LogP contribution in [0.2, 0.25) is 0 Å². The number of nitriles is 1. The minimum Gasteiger partial charge on any atom is -0.493 e. The molecule has 6 heteroatoms. The molecule has 0 aliphatic rings. The predicted molar refractivity (Wildman–Crippen MR) is 92.5 cm³/mol. The number of methoxy groups -OCH3 is 2. The van der Waals surface area contributed by atoms with E-state index in [1.54, 1.807) is 14.2 Å². The third kappa shape index (κ3) is 3.25. The average Bonchev–Trinajstić information content (AvgIpc) is 2.58. The van der Waals surface area contributed by atoms with E-state index in [-0.39, 0.29) is 6.04 Å². The minimum atomic E-state index is -0.0756. The smallest absolute Gasteiger partial charge is 0.167 e. The molecule has 0 amide bonds. The van der Waals surface area contributed by atoms with Gasteiger partial charge in [-0.1, -0.05) is 0 Å². The highest BCUT2D eigenvalue weighted by Crippen LogP contribution is 2.34. The lowest BCUT2D eigenvalue weighted by molar-refractivity contribution is 0.354.